The molecule has 6 heteroatoms. The average molecular weight is 590 g/mol. The van der Waals surface area contributed by atoms with Crippen LogP contribution < -0.4 is 4.90 Å². The van der Waals surface area contributed by atoms with E-state index >= 15 is 0 Å². The summed E-state index contributed by atoms with van der Waals surface area (Å²) in [5, 5.41) is 0. The number of carbonyl (C=O) groups is 1. The Morgan fingerprint density at radius 2 is 1.47 bits per heavy atom. The molecule has 0 unspecified atom stereocenters. The first-order valence-electron chi connectivity index (χ1n) is 5.36. The second-order valence-electron chi connectivity index (χ2n) is 3.64. The van der Waals surface area contributed by atoms with Gasteiger partial charge in [0.2, 0.25) is 0 Å². The highest BCUT2D eigenvalue weighted by atomic mass is 127. The summed E-state index contributed by atoms with van der Waals surface area (Å²) in [6, 6.07) is 17.4. The van der Waals surface area contributed by atoms with Gasteiger partial charge in [-0.15, -0.1) is 0 Å². The third kappa shape index (κ3) is 3.72. The van der Waals surface area contributed by atoms with E-state index in [1.807, 2.05) is 100 Å². The van der Waals surface area contributed by atoms with E-state index in [0.29, 0.717) is 0 Å². The Labute approximate surface area is 153 Å². The SMILES string of the molecule is O=C(N(I)I)N(c1ccccc1)c1ccccc1I. The van der Waals surface area contributed by atoms with E-state index in [9.17, 15) is 4.79 Å². The molecule has 0 radical (unpaired) electrons. The van der Waals surface area contributed by atoms with Crippen LogP contribution in [0.15, 0.2) is 54.6 Å². The second-order valence-corrected chi connectivity index (χ2v) is 8.58. The molecule has 2 amide bonds. The third-order valence-corrected chi connectivity index (χ3v) is 4.18. The molecule has 3 nitrogen and oxygen atoms in total. The fourth-order valence-electron chi connectivity index (χ4n) is 1.64. The van der Waals surface area contributed by atoms with Gasteiger partial charge < -0.3 is 0 Å². The van der Waals surface area contributed by atoms with E-state index in [0.717, 1.165) is 14.9 Å². The first-order valence-corrected chi connectivity index (χ1v) is 8.37. The third-order valence-electron chi connectivity index (χ3n) is 2.44. The molecule has 19 heavy (non-hydrogen) atoms. The predicted octanol–water partition coefficient (Wildman–Crippen LogP) is 5.55. The van der Waals surface area contributed by atoms with Gasteiger partial charge in [0.05, 0.1) is 57.1 Å². The van der Waals surface area contributed by atoms with Gasteiger partial charge in [0.25, 0.3) is 0 Å². The largest absolute Gasteiger partial charge is 0.347 e. The lowest BCUT2D eigenvalue weighted by Gasteiger charge is -2.25. The summed E-state index contributed by atoms with van der Waals surface area (Å²) in [7, 11) is 0. The minimum Gasteiger partial charge on any atom is -0.261 e. The van der Waals surface area contributed by atoms with Crippen molar-refractivity contribution in [3.63, 3.8) is 0 Å². The first kappa shape index (κ1) is 15.3. The lowest BCUT2D eigenvalue weighted by atomic mass is 10.2. The van der Waals surface area contributed by atoms with E-state index < -0.39 is 0 Å². The maximum absolute atomic E-state index is 12.4. The predicted molar refractivity (Wildman–Crippen MR) is 103 cm³/mol. The molecule has 0 N–H and O–H groups in total. The molecule has 0 atom stereocenters. The van der Waals surface area contributed by atoms with Crippen molar-refractivity contribution in [2.45, 2.75) is 0 Å². The van der Waals surface area contributed by atoms with Crippen molar-refractivity contribution < 1.29 is 4.79 Å². The lowest BCUT2D eigenvalue weighted by Crippen LogP contribution is -2.30. The molecular weight excluding hydrogens is 581 g/mol. The van der Waals surface area contributed by atoms with E-state index in [4.69, 9.17) is 0 Å². The number of carbonyl (C=O) groups excluding carboxylic acids is 1. The summed E-state index contributed by atoms with van der Waals surface area (Å²) >= 11 is 6.19. The summed E-state index contributed by atoms with van der Waals surface area (Å²) in [5.74, 6) is 0. The Balaban J connectivity index is 2.53. The van der Waals surface area contributed by atoms with Crippen molar-refractivity contribution in [3.8, 4) is 0 Å². The summed E-state index contributed by atoms with van der Waals surface area (Å²) in [4.78, 5) is 14.1. The highest BCUT2D eigenvalue weighted by molar-refractivity contribution is 14.2. The fraction of sp³-hybridized carbons (Fsp3) is 0. The van der Waals surface area contributed by atoms with Crippen molar-refractivity contribution in [2.75, 3.05) is 4.90 Å². The van der Waals surface area contributed by atoms with Crippen LogP contribution in [0.5, 0.6) is 0 Å². The molecule has 0 aliphatic rings. The molecule has 98 valence electrons. The monoisotopic (exact) mass is 590 g/mol. The Kier molecular flexibility index (Phi) is 5.69. The summed E-state index contributed by atoms with van der Waals surface area (Å²) in [5.41, 5.74) is 1.74. The van der Waals surface area contributed by atoms with Crippen molar-refractivity contribution in [1.82, 2.24) is 1.33 Å². The second kappa shape index (κ2) is 7.07. The Morgan fingerprint density at radius 1 is 0.895 bits per heavy atom. The number of benzene rings is 2. The maximum Gasteiger partial charge on any atom is 0.347 e. The van der Waals surface area contributed by atoms with Gasteiger partial charge in [0.15, 0.2) is 0 Å². The molecule has 0 saturated carbocycles. The molecule has 0 spiro atoms. The Morgan fingerprint density at radius 3 is 2.05 bits per heavy atom. The molecule has 0 aromatic heterocycles. The number of hydrogen-bond donors (Lipinski definition) is 0. The van der Waals surface area contributed by atoms with Crippen molar-refractivity contribution >= 4 is 85.7 Å². The quantitative estimate of drug-likeness (QED) is 0.333. The molecule has 0 aliphatic heterocycles. The molecule has 0 aliphatic carbocycles. The van der Waals surface area contributed by atoms with Gasteiger partial charge >= 0.3 is 6.03 Å². The lowest BCUT2D eigenvalue weighted by molar-refractivity contribution is 0.249. The van der Waals surface area contributed by atoms with Gasteiger partial charge in [-0.1, -0.05) is 30.3 Å². The van der Waals surface area contributed by atoms with Crippen LogP contribution in [0.3, 0.4) is 0 Å². The van der Waals surface area contributed by atoms with Crippen LogP contribution >= 0.6 is 68.3 Å². The minimum absolute atomic E-state index is 0.0866. The van der Waals surface area contributed by atoms with Gasteiger partial charge in [-0.2, -0.15) is 0 Å². The highest BCUT2D eigenvalue weighted by Crippen LogP contribution is 2.32. The standard InChI is InChI=1S/C13H9I3N2O/c14-11-8-4-5-9-12(11)17(13(19)18(15)16)10-6-2-1-3-7-10/h1-9H. The summed E-state index contributed by atoms with van der Waals surface area (Å²) in [6.45, 7) is 0. The van der Waals surface area contributed by atoms with E-state index in [2.05, 4.69) is 22.6 Å². The molecule has 0 saturated heterocycles. The van der Waals surface area contributed by atoms with Gasteiger partial charge in [-0.25, -0.2) is 6.12 Å². The smallest absolute Gasteiger partial charge is 0.261 e. The Bertz CT molecular complexity index is 575. The topological polar surface area (TPSA) is 23.6 Å². The van der Waals surface area contributed by atoms with Crippen LogP contribution in [-0.4, -0.2) is 7.36 Å². The zero-order valence-corrected chi connectivity index (χ0v) is 16.1. The van der Waals surface area contributed by atoms with Crippen LogP contribution in [-0.2, 0) is 0 Å². The Hall–Kier alpha value is -0.100. The van der Waals surface area contributed by atoms with E-state index in [1.54, 1.807) is 4.90 Å². The van der Waals surface area contributed by atoms with Crippen LogP contribution in [0, 0.1) is 3.57 Å². The molecule has 2 aromatic rings. The number of para-hydroxylation sites is 2. The molecule has 2 rings (SSSR count). The summed E-state index contributed by atoms with van der Waals surface area (Å²) in [6.07, 6.45) is 0. The zero-order valence-electron chi connectivity index (χ0n) is 9.63. The summed E-state index contributed by atoms with van der Waals surface area (Å²) < 4.78 is 2.55. The molecule has 0 fully saturated rings. The van der Waals surface area contributed by atoms with Crippen molar-refractivity contribution in [2.24, 2.45) is 0 Å². The fourth-order valence-corrected chi connectivity index (χ4v) is 2.70. The molecule has 0 heterocycles. The van der Waals surface area contributed by atoms with Crippen LogP contribution in [0.2, 0.25) is 0 Å². The molecule has 2 aromatic carbocycles. The van der Waals surface area contributed by atoms with E-state index in [1.165, 1.54) is 1.33 Å². The number of rotatable bonds is 2. The van der Waals surface area contributed by atoms with Gasteiger partial charge in [0, 0.05) is 3.57 Å². The number of anilines is 2. The number of hydrogen-bond acceptors (Lipinski definition) is 1. The normalized spacial score (nSPS) is 10.1. The van der Waals surface area contributed by atoms with Gasteiger partial charge in [-0.3, -0.25) is 4.90 Å². The first-order chi connectivity index (χ1) is 9.11. The molecular formula is C13H9I3N2O. The number of halogens is 3. The maximum atomic E-state index is 12.4. The van der Waals surface area contributed by atoms with Crippen LogP contribution in [0.4, 0.5) is 16.2 Å². The number of amides is 2. The number of urea groups is 1. The zero-order chi connectivity index (χ0) is 13.8. The van der Waals surface area contributed by atoms with Crippen LogP contribution in [0.1, 0.15) is 0 Å². The number of nitrogens with zero attached hydrogens (tertiary/aromatic N) is 2. The van der Waals surface area contributed by atoms with Gasteiger partial charge in [-0.05, 0) is 46.9 Å². The van der Waals surface area contributed by atoms with Gasteiger partial charge in [0.1, 0.15) is 0 Å². The van der Waals surface area contributed by atoms with Crippen LogP contribution in [0.25, 0.3) is 0 Å². The minimum atomic E-state index is -0.0866. The van der Waals surface area contributed by atoms with E-state index in [-0.39, 0.29) is 6.03 Å². The van der Waals surface area contributed by atoms with Crippen molar-refractivity contribution in [3.05, 3.63) is 58.2 Å². The molecule has 0 bridgehead atoms. The van der Waals surface area contributed by atoms with Crippen molar-refractivity contribution in [1.29, 1.82) is 0 Å². The highest BCUT2D eigenvalue weighted by Gasteiger charge is 2.22. The average Bonchev–Trinajstić information content (AvgIpc) is 2.42.